The molecular formula is C14H22N2O6S. The van der Waals surface area contributed by atoms with Gasteiger partial charge in [-0.15, -0.1) is 0 Å². The van der Waals surface area contributed by atoms with Crippen LogP contribution in [0.1, 0.15) is 27.2 Å². The first-order chi connectivity index (χ1) is 10.6. The molecule has 1 aromatic rings. The Morgan fingerprint density at radius 1 is 1.39 bits per heavy atom. The van der Waals surface area contributed by atoms with Crippen LogP contribution in [-0.4, -0.2) is 50.9 Å². The van der Waals surface area contributed by atoms with Crippen molar-refractivity contribution in [2.24, 2.45) is 0 Å². The van der Waals surface area contributed by atoms with Crippen LogP contribution in [0.2, 0.25) is 0 Å². The van der Waals surface area contributed by atoms with E-state index < -0.39 is 29.6 Å². The van der Waals surface area contributed by atoms with Gasteiger partial charge in [-0.1, -0.05) is 0 Å². The van der Waals surface area contributed by atoms with Gasteiger partial charge in [-0.05, 0) is 39.2 Å². The maximum absolute atomic E-state index is 12.2. The van der Waals surface area contributed by atoms with Crippen molar-refractivity contribution in [1.82, 2.24) is 10.3 Å². The van der Waals surface area contributed by atoms with Crippen molar-refractivity contribution in [2.45, 2.75) is 38.8 Å². The molecule has 1 aromatic heterocycles. The van der Waals surface area contributed by atoms with E-state index in [0.29, 0.717) is 12.2 Å². The van der Waals surface area contributed by atoms with E-state index in [1.807, 2.05) is 6.26 Å². The van der Waals surface area contributed by atoms with E-state index in [4.69, 9.17) is 9.47 Å². The number of esters is 1. The van der Waals surface area contributed by atoms with Gasteiger partial charge in [-0.25, -0.2) is 9.59 Å². The molecule has 9 heteroatoms. The van der Waals surface area contributed by atoms with Gasteiger partial charge in [-0.2, -0.15) is 11.8 Å². The highest BCUT2D eigenvalue weighted by atomic mass is 32.2. The highest BCUT2D eigenvalue weighted by molar-refractivity contribution is 7.98. The first-order valence-corrected chi connectivity index (χ1v) is 8.33. The maximum Gasteiger partial charge on any atom is 0.408 e. The Balaban J connectivity index is 2.74. The summed E-state index contributed by atoms with van der Waals surface area (Å²) in [5.41, 5.74) is -0.692. The van der Waals surface area contributed by atoms with Crippen LogP contribution >= 0.6 is 11.8 Å². The summed E-state index contributed by atoms with van der Waals surface area (Å²) in [6.07, 6.45) is 1.46. The van der Waals surface area contributed by atoms with Crippen LogP contribution in [0.3, 0.4) is 0 Å². The molecule has 23 heavy (non-hydrogen) atoms. The second-order valence-electron chi connectivity index (χ2n) is 5.77. The topological polar surface area (TPSA) is 121 Å². The first kappa shape index (κ1) is 19.0. The van der Waals surface area contributed by atoms with E-state index >= 15 is 0 Å². The normalized spacial score (nSPS) is 12.5. The molecule has 0 radical (unpaired) electrons. The fourth-order valence-corrected chi connectivity index (χ4v) is 2.07. The van der Waals surface area contributed by atoms with Crippen molar-refractivity contribution in [3.63, 3.8) is 0 Å². The quantitative estimate of drug-likeness (QED) is 0.581. The van der Waals surface area contributed by atoms with Crippen molar-refractivity contribution in [1.29, 1.82) is 0 Å². The van der Waals surface area contributed by atoms with Gasteiger partial charge in [0.15, 0.2) is 11.6 Å². The largest absolute Gasteiger partial charge is 0.494 e. The Kier molecular flexibility index (Phi) is 6.62. The smallest absolute Gasteiger partial charge is 0.408 e. The summed E-state index contributed by atoms with van der Waals surface area (Å²) in [5, 5.41) is 21.1. The lowest BCUT2D eigenvalue weighted by Crippen LogP contribution is -2.45. The van der Waals surface area contributed by atoms with Crippen molar-refractivity contribution in [3.8, 4) is 17.5 Å². The third-order valence-corrected chi connectivity index (χ3v) is 3.19. The van der Waals surface area contributed by atoms with Crippen LogP contribution in [0.5, 0.6) is 17.5 Å². The van der Waals surface area contributed by atoms with Gasteiger partial charge < -0.3 is 25.0 Å². The molecular weight excluding hydrogens is 324 g/mol. The molecule has 4 N–H and O–H groups in total. The number of H-pyrrole nitrogens is 1. The summed E-state index contributed by atoms with van der Waals surface area (Å²) in [6, 6.07) is 0.125. The lowest BCUT2D eigenvalue weighted by molar-refractivity contribution is -0.136. The third kappa shape index (κ3) is 6.72. The zero-order valence-electron chi connectivity index (χ0n) is 13.5. The lowest BCUT2D eigenvalue weighted by atomic mass is 10.2. The summed E-state index contributed by atoms with van der Waals surface area (Å²) in [4.78, 5) is 26.2. The van der Waals surface area contributed by atoms with E-state index in [0.717, 1.165) is 6.07 Å². The maximum atomic E-state index is 12.2. The molecule has 0 aliphatic heterocycles. The van der Waals surface area contributed by atoms with Crippen molar-refractivity contribution >= 4 is 23.8 Å². The summed E-state index contributed by atoms with van der Waals surface area (Å²) in [7, 11) is 0. The zero-order valence-corrected chi connectivity index (χ0v) is 14.3. The van der Waals surface area contributed by atoms with Gasteiger partial charge in [0.25, 0.3) is 0 Å². The molecule has 0 spiro atoms. The van der Waals surface area contributed by atoms with E-state index in [1.54, 1.807) is 20.8 Å². The number of hydrogen-bond acceptors (Lipinski definition) is 7. The van der Waals surface area contributed by atoms with Crippen LogP contribution in [0.15, 0.2) is 6.07 Å². The SMILES string of the molecule is CSCC[C@H](NC(=O)OC(C)(C)C)C(=O)Oc1cc(O)[nH]c1O. The molecule has 0 aliphatic carbocycles. The van der Waals surface area contributed by atoms with E-state index in [2.05, 4.69) is 10.3 Å². The van der Waals surface area contributed by atoms with E-state index in [-0.39, 0.29) is 11.6 Å². The minimum absolute atomic E-state index is 0.215. The summed E-state index contributed by atoms with van der Waals surface area (Å²) in [6.45, 7) is 5.13. The second-order valence-corrected chi connectivity index (χ2v) is 6.75. The number of amides is 1. The Hall–Kier alpha value is -2.03. The Morgan fingerprint density at radius 2 is 2.04 bits per heavy atom. The monoisotopic (exact) mass is 346 g/mol. The number of aromatic amines is 1. The van der Waals surface area contributed by atoms with Crippen LogP contribution in [0, 0.1) is 0 Å². The number of rotatable bonds is 6. The molecule has 1 atom stereocenters. The average Bonchev–Trinajstić information content (AvgIpc) is 2.70. The van der Waals surface area contributed by atoms with Crippen LogP contribution in [0.4, 0.5) is 4.79 Å². The molecule has 130 valence electrons. The molecule has 8 nitrogen and oxygen atoms in total. The fraction of sp³-hybridized carbons (Fsp3) is 0.571. The van der Waals surface area contributed by atoms with Gasteiger partial charge in [-0.3, -0.25) is 4.98 Å². The van der Waals surface area contributed by atoms with Gasteiger partial charge in [0, 0.05) is 6.07 Å². The number of aromatic hydroxyl groups is 2. The molecule has 0 saturated carbocycles. The minimum Gasteiger partial charge on any atom is -0.494 e. The predicted octanol–water partition coefficient (Wildman–Crippen LogP) is 1.98. The average molecular weight is 346 g/mol. The van der Waals surface area contributed by atoms with E-state index in [1.165, 1.54) is 11.8 Å². The summed E-state index contributed by atoms with van der Waals surface area (Å²) in [5.74, 6) is -1.19. The van der Waals surface area contributed by atoms with Crippen LogP contribution in [-0.2, 0) is 9.53 Å². The molecule has 0 aromatic carbocycles. The summed E-state index contributed by atoms with van der Waals surface area (Å²) < 4.78 is 10.1. The molecule has 1 rings (SSSR count). The molecule has 1 heterocycles. The van der Waals surface area contributed by atoms with Gasteiger partial charge >= 0.3 is 12.1 Å². The van der Waals surface area contributed by atoms with Crippen LogP contribution in [0.25, 0.3) is 0 Å². The number of hydrogen-bond donors (Lipinski definition) is 4. The Morgan fingerprint density at radius 3 is 2.52 bits per heavy atom. The summed E-state index contributed by atoms with van der Waals surface area (Å²) >= 11 is 1.51. The minimum atomic E-state index is -0.936. The number of thioether (sulfide) groups is 1. The fourth-order valence-electron chi connectivity index (χ4n) is 1.60. The van der Waals surface area contributed by atoms with Crippen molar-refractivity contribution in [3.05, 3.63) is 6.07 Å². The highest BCUT2D eigenvalue weighted by Crippen LogP contribution is 2.29. The lowest BCUT2D eigenvalue weighted by Gasteiger charge is -2.22. The number of aromatic nitrogens is 1. The van der Waals surface area contributed by atoms with Gasteiger partial charge in [0.05, 0.1) is 0 Å². The molecule has 0 saturated heterocycles. The Bertz CT molecular complexity index is 552. The zero-order chi connectivity index (χ0) is 17.6. The second kappa shape index (κ2) is 8.00. The molecule has 0 aliphatic rings. The molecule has 0 bridgehead atoms. The molecule has 1 amide bonds. The van der Waals surface area contributed by atoms with Gasteiger partial charge in [0.2, 0.25) is 5.88 Å². The number of ether oxygens (including phenoxy) is 2. The van der Waals surface area contributed by atoms with Crippen molar-refractivity contribution < 1.29 is 29.3 Å². The highest BCUT2D eigenvalue weighted by Gasteiger charge is 2.26. The third-order valence-electron chi connectivity index (χ3n) is 2.54. The van der Waals surface area contributed by atoms with Crippen molar-refractivity contribution in [2.75, 3.05) is 12.0 Å². The Labute approximate surface area is 138 Å². The molecule has 0 unspecified atom stereocenters. The van der Waals surface area contributed by atoms with Gasteiger partial charge in [0.1, 0.15) is 11.6 Å². The van der Waals surface area contributed by atoms with E-state index in [9.17, 15) is 19.8 Å². The number of carbonyl (C=O) groups is 2. The number of nitrogens with one attached hydrogen (secondary N) is 2. The standard InChI is InChI=1S/C14H22N2O6S/c1-14(2,3)22-13(20)15-8(5-6-23-4)12(19)21-9-7-10(17)16-11(9)18/h7-8,16-18H,5-6H2,1-4H3,(H,15,20)/t8-/m0/s1. The first-order valence-electron chi connectivity index (χ1n) is 6.93. The number of carbonyl (C=O) groups excluding carboxylic acids is 2. The predicted molar refractivity (Wildman–Crippen MR) is 85.9 cm³/mol. The molecule has 0 fully saturated rings. The van der Waals surface area contributed by atoms with Crippen LogP contribution < -0.4 is 10.1 Å². The number of alkyl carbamates (subject to hydrolysis) is 1.